The Morgan fingerprint density at radius 2 is 2.04 bits per heavy atom. The van der Waals surface area contributed by atoms with Crippen molar-refractivity contribution in [2.24, 2.45) is 4.99 Å². The van der Waals surface area contributed by atoms with E-state index in [1.54, 1.807) is 13.2 Å². The van der Waals surface area contributed by atoms with Gasteiger partial charge in [0.05, 0.1) is 18.8 Å². The molecule has 0 unspecified atom stereocenters. The summed E-state index contributed by atoms with van der Waals surface area (Å²) in [5, 5.41) is 7.15. The number of aromatic nitrogens is 1. The Morgan fingerprint density at radius 3 is 2.74 bits per heavy atom. The van der Waals surface area contributed by atoms with Crippen LogP contribution in [0.4, 0.5) is 0 Å². The van der Waals surface area contributed by atoms with Gasteiger partial charge >= 0.3 is 0 Å². The van der Waals surface area contributed by atoms with Crippen molar-refractivity contribution in [2.75, 3.05) is 13.7 Å². The van der Waals surface area contributed by atoms with Gasteiger partial charge in [0, 0.05) is 30.4 Å². The molecule has 0 atom stereocenters. The molecule has 5 nitrogen and oxygen atoms in total. The quantitative estimate of drug-likeness (QED) is 0.630. The molecular weight excluding hydrogens is 312 g/mol. The number of guanidine groups is 1. The van der Waals surface area contributed by atoms with Gasteiger partial charge in [-0.2, -0.15) is 0 Å². The maximum atomic E-state index is 6.02. The van der Waals surface area contributed by atoms with E-state index >= 15 is 0 Å². The number of nitrogens with one attached hydrogen (secondary N) is 2. The molecule has 6 heteroatoms. The molecule has 0 aliphatic rings. The van der Waals surface area contributed by atoms with E-state index in [9.17, 15) is 0 Å². The zero-order chi connectivity index (χ0) is 16.5. The number of hydrogen-bond acceptors (Lipinski definition) is 3. The van der Waals surface area contributed by atoms with Crippen molar-refractivity contribution in [3.63, 3.8) is 0 Å². The lowest BCUT2D eigenvalue weighted by Crippen LogP contribution is -2.36. The van der Waals surface area contributed by atoms with Crippen molar-refractivity contribution in [3.8, 4) is 5.75 Å². The van der Waals surface area contributed by atoms with E-state index in [1.165, 1.54) is 0 Å². The minimum absolute atomic E-state index is 0.592. The SMILES string of the molecule is CCOc1cc(Cl)ccc1CNC(=NC)NCc1ccccn1. The number of nitrogens with zero attached hydrogens (tertiary/aromatic N) is 2. The van der Waals surface area contributed by atoms with Gasteiger partial charge in [0.1, 0.15) is 5.75 Å². The van der Waals surface area contributed by atoms with Gasteiger partial charge in [0.15, 0.2) is 5.96 Å². The van der Waals surface area contributed by atoms with Crippen LogP contribution in [0.25, 0.3) is 0 Å². The van der Waals surface area contributed by atoms with Gasteiger partial charge in [-0.3, -0.25) is 9.98 Å². The molecule has 1 aromatic carbocycles. The third-order valence-electron chi connectivity index (χ3n) is 3.16. The molecule has 23 heavy (non-hydrogen) atoms. The third kappa shape index (κ3) is 5.45. The number of benzene rings is 1. The molecule has 2 rings (SSSR count). The minimum atomic E-state index is 0.592. The Labute approximate surface area is 141 Å². The number of hydrogen-bond donors (Lipinski definition) is 2. The molecule has 0 aliphatic carbocycles. The fraction of sp³-hybridized carbons (Fsp3) is 0.294. The van der Waals surface area contributed by atoms with Crippen LogP contribution < -0.4 is 15.4 Å². The highest BCUT2D eigenvalue weighted by Gasteiger charge is 2.06. The molecule has 0 bridgehead atoms. The Balaban J connectivity index is 1.93. The van der Waals surface area contributed by atoms with E-state index in [-0.39, 0.29) is 0 Å². The zero-order valence-corrected chi connectivity index (χ0v) is 14.1. The van der Waals surface area contributed by atoms with Crippen molar-refractivity contribution in [2.45, 2.75) is 20.0 Å². The summed E-state index contributed by atoms with van der Waals surface area (Å²) in [5.74, 6) is 1.49. The van der Waals surface area contributed by atoms with Gasteiger partial charge in [0.25, 0.3) is 0 Å². The molecule has 122 valence electrons. The van der Waals surface area contributed by atoms with Crippen molar-refractivity contribution in [1.82, 2.24) is 15.6 Å². The first-order valence-electron chi connectivity index (χ1n) is 7.48. The summed E-state index contributed by atoms with van der Waals surface area (Å²) in [4.78, 5) is 8.48. The standard InChI is InChI=1S/C17H21ClN4O/c1-3-23-16-10-14(18)8-7-13(16)11-21-17(19-2)22-12-15-6-4-5-9-20-15/h4-10H,3,11-12H2,1-2H3,(H2,19,21,22). The summed E-state index contributed by atoms with van der Waals surface area (Å²) in [6.07, 6.45) is 1.77. The predicted molar refractivity (Wildman–Crippen MR) is 93.9 cm³/mol. The lowest BCUT2D eigenvalue weighted by molar-refractivity contribution is 0.336. The molecular formula is C17H21ClN4O. The Hall–Kier alpha value is -2.27. The zero-order valence-electron chi connectivity index (χ0n) is 13.3. The highest BCUT2D eigenvalue weighted by molar-refractivity contribution is 6.30. The average molecular weight is 333 g/mol. The molecule has 0 radical (unpaired) electrons. The number of rotatable bonds is 6. The van der Waals surface area contributed by atoms with Gasteiger partial charge in [-0.05, 0) is 31.2 Å². The maximum Gasteiger partial charge on any atom is 0.191 e. The average Bonchev–Trinajstić information content (AvgIpc) is 2.58. The summed E-state index contributed by atoms with van der Waals surface area (Å²) in [6.45, 7) is 3.75. The number of pyridine rings is 1. The van der Waals surface area contributed by atoms with E-state index < -0.39 is 0 Å². The first-order chi connectivity index (χ1) is 11.2. The van der Waals surface area contributed by atoms with Crippen LogP contribution in [0.15, 0.2) is 47.6 Å². The Bertz CT molecular complexity index is 646. The molecule has 0 saturated heterocycles. The topological polar surface area (TPSA) is 58.5 Å². The van der Waals surface area contributed by atoms with Crippen LogP contribution in [0.2, 0.25) is 5.02 Å². The van der Waals surface area contributed by atoms with Gasteiger partial charge < -0.3 is 15.4 Å². The van der Waals surface area contributed by atoms with Crippen LogP contribution in [0.3, 0.4) is 0 Å². The monoisotopic (exact) mass is 332 g/mol. The minimum Gasteiger partial charge on any atom is -0.493 e. The molecule has 1 aromatic heterocycles. The molecule has 0 saturated carbocycles. The van der Waals surface area contributed by atoms with E-state index in [4.69, 9.17) is 16.3 Å². The molecule has 1 heterocycles. The molecule has 0 amide bonds. The second-order valence-corrected chi connectivity index (χ2v) is 5.22. The fourth-order valence-electron chi connectivity index (χ4n) is 2.04. The van der Waals surface area contributed by atoms with E-state index in [1.807, 2.05) is 43.3 Å². The van der Waals surface area contributed by atoms with Gasteiger partial charge in [-0.25, -0.2) is 0 Å². The van der Waals surface area contributed by atoms with Crippen LogP contribution in [0.5, 0.6) is 5.75 Å². The molecule has 2 N–H and O–H groups in total. The highest BCUT2D eigenvalue weighted by Crippen LogP contribution is 2.23. The van der Waals surface area contributed by atoms with Crippen LogP contribution >= 0.6 is 11.6 Å². The van der Waals surface area contributed by atoms with E-state index in [2.05, 4.69) is 20.6 Å². The van der Waals surface area contributed by atoms with Gasteiger partial charge in [-0.15, -0.1) is 0 Å². The van der Waals surface area contributed by atoms with Crippen LogP contribution in [0.1, 0.15) is 18.2 Å². The third-order valence-corrected chi connectivity index (χ3v) is 3.40. The largest absolute Gasteiger partial charge is 0.493 e. The Morgan fingerprint density at radius 1 is 1.22 bits per heavy atom. The second kappa shape index (κ2) is 9.00. The van der Waals surface area contributed by atoms with Crippen molar-refractivity contribution in [1.29, 1.82) is 0 Å². The number of aliphatic imine (C=N–C) groups is 1. The van der Waals surface area contributed by atoms with Gasteiger partial charge in [-0.1, -0.05) is 23.7 Å². The van der Waals surface area contributed by atoms with E-state index in [0.717, 1.165) is 17.0 Å². The molecule has 0 aliphatic heterocycles. The first-order valence-corrected chi connectivity index (χ1v) is 7.86. The fourth-order valence-corrected chi connectivity index (χ4v) is 2.20. The van der Waals surface area contributed by atoms with Crippen LogP contribution in [-0.4, -0.2) is 24.6 Å². The van der Waals surface area contributed by atoms with Crippen molar-refractivity contribution < 1.29 is 4.74 Å². The predicted octanol–water partition coefficient (Wildman–Crippen LogP) is 3.00. The smallest absolute Gasteiger partial charge is 0.191 e. The summed E-state index contributed by atoms with van der Waals surface area (Å²) >= 11 is 6.02. The Kier molecular flexibility index (Phi) is 6.69. The molecule has 0 spiro atoms. The lowest BCUT2D eigenvalue weighted by Gasteiger charge is -2.14. The van der Waals surface area contributed by atoms with Crippen molar-refractivity contribution in [3.05, 3.63) is 58.9 Å². The van der Waals surface area contributed by atoms with Crippen LogP contribution in [0, 0.1) is 0 Å². The summed E-state index contributed by atoms with van der Waals surface area (Å²) in [6, 6.07) is 11.4. The number of halogens is 1. The highest BCUT2D eigenvalue weighted by atomic mass is 35.5. The molecule has 0 fully saturated rings. The molecule has 2 aromatic rings. The van der Waals surface area contributed by atoms with E-state index in [0.29, 0.717) is 30.7 Å². The summed E-state index contributed by atoms with van der Waals surface area (Å²) in [5.41, 5.74) is 1.98. The van der Waals surface area contributed by atoms with Crippen molar-refractivity contribution >= 4 is 17.6 Å². The normalized spacial score (nSPS) is 11.2. The summed E-state index contributed by atoms with van der Waals surface area (Å²) < 4.78 is 5.62. The summed E-state index contributed by atoms with van der Waals surface area (Å²) in [7, 11) is 1.74. The van der Waals surface area contributed by atoms with Gasteiger partial charge in [0.2, 0.25) is 0 Å². The second-order valence-electron chi connectivity index (χ2n) is 4.79. The maximum absolute atomic E-state index is 6.02. The first kappa shape index (κ1) is 17.1. The van der Waals surface area contributed by atoms with Crippen LogP contribution in [-0.2, 0) is 13.1 Å². The number of ether oxygens (including phenoxy) is 1. The lowest BCUT2D eigenvalue weighted by atomic mass is 10.2.